The second-order valence-electron chi connectivity index (χ2n) is 5.86. The van der Waals surface area contributed by atoms with Crippen LogP contribution in [0.5, 0.6) is 5.75 Å². The molecular formula is C18H18Cl2N2O3. The molecule has 2 aromatic rings. The Labute approximate surface area is 156 Å². The van der Waals surface area contributed by atoms with Gasteiger partial charge in [0.15, 0.2) is 0 Å². The summed E-state index contributed by atoms with van der Waals surface area (Å²) in [5.74, 6) is 0.0392. The zero-order valence-electron chi connectivity index (χ0n) is 13.8. The summed E-state index contributed by atoms with van der Waals surface area (Å²) in [4.78, 5) is 11.5. The van der Waals surface area contributed by atoms with E-state index in [0.29, 0.717) is 22.4 Å². The van der Waals surface area contributed by atoms with E-state index >= 15 is 0 Å². The van der Waals surface area contributed by atoms with Crippen molar-refractivity contribution in [2.45, 2.75) is 26.1 Å². The van der Waals surface area contributed by atoms with Gasteiger partial charge in [0.05, 0.1) is 6.21 Å². The molecule has 2 N–H and O–H groups in total. The summed E-state index contributed by atoms with van der Waals surface area (Å²) in [6.45, 7) is 3.06. The summed E-state index contributed by atoms with van der Waals surface area (Å²) >= 11 is 12.0. The van der Waals surface area contributed by atoms with E-state index in [1.807, 2.05) is 12.1 Å². The molecule has 0 unspecified atom stereocenters. The van der Waals surface area contributed by atoms with Gasteiger partial charge < -0.3 is 9.84 Å². The molecule has 0 heterocycles. The molecule has 0 bridgehead atoms. The summed E-state index contributed by atoms with van der Waals surface area (Å²) in [5.41, 5.74) is 2.34. The number of hydrazone groups is 1. The number of hydrogen-bond donors (Lipinski definition) is 2. The summed E-state index contributed by atoms with van der Waals surface area (Å²) < 4.78 is 5.72. The first-order chi connectivity index (χ1) is 11.8. The van der Waals surface area contributed by atoms with Crippen molar-refractivity contribution in [3.8, 4) is 5.75 Å². The van der Waals surface area contributed by atoms with Gasteiger partial charge in [0.2, 0.25) is 0 Å². The van der Waals surface area contributed by atoms with E-state index in [1.54, 1.807) is 30.3 Å². The van der Waals surface area contributed by atoms with Crippen molar-refractivity contribution in [2.24, 2.45) is 5.10 Å². The standard InChI is InChI=1S/C18H18Cl2N2O3/c1-18(2,24)17(23)22-21-10-12-4-3-5-15(8-12)25-11-13-6-7-14(19)9-16(13)20/h3-10,24H,11H2,1-2H3,(H,22,23)/b21-10-. The number of nitrogens with zero attached hydrogens (tertiary/aromatic N) is 1. The van der Waals surface area contributed by atoms with Crippen LogP contribution in [0, 0.1) is 0 Å². The molecule has 0 atom stereocenters. The third kappa shape index (κ3) is 6.05. The molecule has 0 aliphatic carbocycles. The highest BCUT2D eigenvalue weighted by Crippen LogP contribution is 2.23. The van der Waals surface area contributed by atoms with Gasteiger partial charge in [-0.05, 0) is 43.7 Å². The Bertz CT molecular complexity index is 786. The zero-order chi connectivity index (χ0) is 18.4. The number of benzene rings is 2. The Morgan fingerprint density at radius 1 is 1.28 bits per heavy atom. The highest BCUT2D eigenvalue weighted by Gasteiger charge is 2.22. The Balaban J connectivity index is 1.98. The average Bonchev–Trinajstić information content (AvgIpc) is 2.53. The number of amides is 1. The largest absolute Gasteiger partial charge is 0.489 e. The van der Waals surface area contributed by atoms with Gasteiger partial charge in [-0.1, -0.05) is 41.4 Å². The van der Waals surface area contributed by atoms with Crippen LogP contribution < -0.4 is 10.2 Å². The first-order valence-corrected chi connectivity index (χ1v) is 8.24. The average molecular weight is 381 g/mol. The highest BCUT2D eigenvalue weighted by molar-refractivity contribution is 6.35. The van der Waals surface area contributed by atoms with Crippen molar-refractivity contribution in [1.82, 2.24) is 5.43 Å². The molecule has 0 radical (unpaired) electrons. The maximum absolute atomic E-state index is 11.5. The van der Waals surface area contributed by atoms with Gasteiger partial charge in [-0.2, -0.15) is 5.10 Å². The molecule has 2 aromatic carbocycles. The van der Waals surface area contributed by atoms with Crippen LogP contribution in [0.3, 0.4) is 0 Å². The maximum Gasteiger partial charge on any atom is 0.271 e. The van der Waals surface area contributed by atoms with Gasteiger partial charge in [-0.25, -0.2) is 5.43 Å². The summed E-state index contributed by atoms with van der Waals surface area (Å²) in [6.07, 6.45) is 1.46. The number of carbonyl (C=O) groups excluding carboxylic acids is 1. The SMILES string of the molecule is CC(C)(O)C(=O)N/N=C\c1cccc(OCc2ccc(Cl)cc2Cl)c1. The van der Waals surface area contributed by atoms with Gasteiger partial charge in [-0.15, -0.1) is 0 Å². The quantitative estimate of drug-likeness (QED) is 0.591. The van der Waals surface area contributed by atoms with Gasteiger partial charge in [0.25, 0.3) is 5.91 Å². The van der Waals surface area contributed by atoms with E-state index in [1.165, 1.54) is 20.1 Å². The molecule has 25 heavy (non-hydrogen) atoms. The molecule has 0 aliphatic heterocycles. The number of aliphatic hydroxyl groups is 1. The Morgan fingerprint density at radius 2 is 2.04 bits per heavy atom. The Morgan fingerprint density at radius 3 is 2.72 bits per heavy atom. The molecule has 0 spiro atoms. The molecule has 2 rings (SSSR count). The van der Waals surface area contributed by atoms with Gasteiger partial charge in [0.1, 0.15) is 18.0 Å². The normalized spacial score (nSPS) is 11.6. The molecule has 0 saturated heterocycles. The van der Waals surface area contributed by atoms with Crippen molar-refractivity contribution in [1.29, 1.82) is 0 Å². The molecular weight excluding hydrogens is 363 g/mol. The van der Waals surface area contributed by atoms with E-state index in [0.717, 1.165) is 11.1 Å². The highest BCUT2D eigenvalue weighted by atomic mass is 35.5. The smallest absolute Gasteiger partial charge is 0.271 e. The van der Waals surface area contributed by atoms with Crippen molar-refractivity contribution in [3.05, 3.63) is 63.6 Å². The fourth-order valence-electron chi connectivity index (χ4n) is 1.79. The van der Waals surface area contributed by atoms with Crippen molar-refractivity contribution < 1.29 is 14.6 Å². The lowest BCUT2D eigenvalue weighted by Gasteiger charge is -2.13. The fourth-order valence-corrected chi connectivity index (χ4v) is 2.25. The molecule has 7 heteroatoms. The third-order valence-corrected chi connectivity index (χ3v) is 3.79. The molecule has 0 aliphatic rings. The summed E-state index contributed by atoms with van der Waals surface area (Å²) in [6, 6.07) is 12.4. The van der Waals surface area contributed by atoms with Crippen molar-refractivity contribution >= 4 is 35.3 Å². The second kappa shape index (κ2) is 8.34. The van der Waals surface area contributed by atoms with Crippen LogP contribution in [0.4, 0.5) is 0 Å². The molecule has 5 nitrogen and oxygen atoms in total. The van der Waals surface area contributed by atoms with Gasteiger partial charge in [0, 0.05) is 15.6 Å². The summed E-state index contributed by atoms with van der Waals surface area (Å²) in [7, 11) is 0. The minimum Gasteiger partial charge on any atom is -0.489 e. The lowest BCUT2D eigenvalue weighted by atomic mass is 10.1. The van der Waals surface area contributed by atoms with Crippen LogP contribution in [0.15, 0.2) is 47.6 Å². The summed E-state index contributed by atoms with van der Waals surface area (Å²) in [5, 5.41) is 14.4. The number of nitrogens with one attached hydrogen (secondary N) is 1. The molecule has 0 fully saturated rings. The third-order valence-electron chi connectivity index (χ3n) is 3.20. The lowest BCUT2D eigenvalue weighted by molar-refractivity contribution is -0.136. The minimum atomic E-state index is -1.49. The monoisotopic (exact) mass is 380 g/mol. The van der Waals surface area contributed by atoms with Crippen molar-refractivity contribution in [3.63, 3.8) is 0 Å². The Kier molecular flexibility index (Phi) is 6.42. The molecule has 132 valence electrons. The number of hydrogen-bond acceptors (Lipinski definition) is 4. The van der Waals surface area contributed by atoms with Crippen molar-refractivity contribution in [2.75, 3.05) is 0 Å². The van der Waals surface area contributed by atoms with E-state index in [4.69, 9.17) is 27.9 Å². The predicted molar refractivity (Wildman–Crippen MR) is 99.3 cm³/mol. The van der Waals surface area contributed by atoms with E-state index in [2.05, 4.69) is 10.5 Å². The zero-order valence-corrected chi connectivity index (χ0v) is 15.3. The van der Waals surface area contributed by atoms with Crippen LogP contribution in [0.2, 0.25) is 10.0 Å². The first-order valence-electron chi connectivity index (χ1n) is 7.48. The number of rotatable bonds is 6. The van der Waals surface area contributed by atoms with E-state index in [-0.39, 0.29) is 0 Å². The van der Waals surface area contributed by atoms with Crippen LogP contribution in [-0.4, -0.2) is 22.8 Å². The van der Waals surface area contributed by atoms with Gasteiger partial charge >= 0.3 is 0 Å². The maximum atomic E-state index is 11.5. The molecule has 0 aromatic heterocycles. The number of ether oxygens (including phenoxy) is 1. The van der Waals surface area contributed by atoms with Gasteiger partial charge in [-0.3, -0.25) is 4.79 Å². The van der Waals surface area contributed by atoms with E-state index < -0.39 is 11.5 Å². The Hall–Kier alpha value is -2.08. The molecule has 1 amide bonds. The fraction of sp³-hybridized carbons (Fsp3) is 0.222. The van der Waals surface area contributed by atoms with Crippen LogP contribution in [0.1, 0.15) is 25.0 Å². The van der Waals surface area contributed by atoms with Crippen LogP contribution in [0.25, 0.3) is 0 Å². The predicted octanol–water partition coefficient (Wildman–Crippen LogP) is 3.79. The second-order valence-corrected chi connectivity index (χ2v) is 6.70. The van der Waals surface area contributed by atoms with Crippen LogP contribution in [-0.2, 0) is 11.4 Å². The lowest BCUT2D eigenvalue weighted by Crippen LogP contribution is -2.39. The van der Waals surface area contributed by atoms with Crippen LogP contribution >= 0.6 is 23.2 Å². The molecule has 0 saturated carbocycles. The number of carbonyl (C=O) groups is 1. The first kappa shape index (κ1) is 19.2. The topological polar surface area (TPSA) is 70.9 Å². The number of halogens is 2. The van der Waals surface area contributed by atoms with E-state index in [9.17, 15) is 9.90 Å². The minimum absolute atomic E-state index is 0.298.